The third kappa shape index (κ3) is 1.98. The SMILES string of the molecule is CC(=O)NCCC1CCc2ccc3c(c21)CCO3. The maximum atomic E-state index is 10.9. The van der Waals surface area contributed by atoms with Gasteiger partial charge in [0.05, 0.1) is 6.61 Å². The largest absolute Gasteiger partial charge is 0.493 e. The minimum atomic E-state index is 0.0647. The fraction of sp³-hybridized carbons (Fsp3) is 0.533. The van der Waals surface area contributed by atoms with Gasteiger partial charge in [-0.3, -0.25) is 4.79 Å². The van der Waals surface area contributed by atoms with Gasteiger partial charge in [-0.15, -0.1) is 0 Å². The second kappa shape index (κ2) is 4.63. The molecule has 0 saturated carbocycles. The number of benzene rings is 1. The van der Waals surface area contributed by atoms with Crippen LogP contribution in [0.5, 0.6) is 5.75 Å². The summed E-state index contributed by atoms with van der Waals surface area (Å²) in [6.07, 6.45) is 4.48. The van der Waals surface area contributed by atoms with Crippen molar-refractivity contribution in [3.05, 3.63) is 28.8 Å². The van der Waals surface area contributed by atoms with E-state index in [1.807, 2.05) is 0 Å². The molecule has 3 heteroatoms. The molecule has 0 fully saturated rings. The number of hydrogen-bond acceptors (Lipinski definition) is 2. The van der Waals surface area contributed by atoms with Crippen molar-refractivity contribution in [1.29, 1.82) is 0 Å². The third-order valence-corrected chi connectivity index (χ3v) is 4.05. The van der Waals surface area contributed by atoms with Crippen LogP contribution in [-0.2, 0) is 17.6 Å². The number of hydrogen-bond donors (Lipinski definition) is 1. The van der Waals surface area contributed by atoms with E-state index in [-0.39, 0.29) is 5.91 Å². The normalized spacial score (nSPS) is 20.2. The number of fused-ring (bicyclic) bond motifs is 3. The van der Waals surface area contributed by atoms with E-state index in [0.29, 0.717) is 5.92 Å². The van der Waals surface area contributed by atoms with Gasteiger partial charge in [0.2, 0.25) is 5.91 Å². The maximum absolute atomic E-state index is 10.9. The number of amides is 1. The second-order valence-corrected chi connectivity index (χ2v) is 5.22. The Balaban J connectivity index is 1.78. The number of aryl methyl sites for hydroxylation is 1. The lowest BCUT2D eigenvalue weighted by Gasteiger charge is -2.14. The van der Waals surface area contributed by atoms with E-state index in [0.717, 1.165) is 31.7 Å². The molecule has 1 amide bonds. The fourth-order valence-electron chi connectivity index (χ4n) is 3.26. The van der Waals surface area contributed by atoms with Crippen LogP contribution in [0.3, 0.4) is 0 Å². The van der Waals surface area contributed by atoms with Gasteiger partial charge >= 0.3 is 0 Å². The smallest absolute Gasteiger partial charge is 0.216 e. The molecule has 1 N–H and O–H groups in total. The van der Waals surface area contributed by atoms with Crippen LogP contribution < -0.4 is 10.1 Å². The molecule has 18 heavy (non-hydrogen) atoms. The van der Waals surface area contributed by atoms with Gasteiger partial charge in [0.15, 0.2) is 0 Å². The topological polar surface area (TPSA) is 38.3 Å². The summed E-state index contributed by atoms with van der Waals surface area (Å²) in [4.78, 5) is 10.9. The highest BCUT2D eigenvalue weighted by atomic mass is 16.5. The Morgan fingerprint density at radius 1 is 1.44 bits per heavy atom. The lowest BCUT2D eigenvalue weighted by molar-refractivity contribution is -0.118. The summed E-state index contributed by atoms with van der Waals surface area (Å²) in [7, 11) is 0. The minimum Gasteiger partial charge on any atom is -0.493 e. The molecule has 1 atom stereocenters. The zero-order valence-corrected chi connectivity index (χ0v) is 10.8. The molecule has 1 unspecified atom stereocenters. The summed E-state index contributed by atoms with van der Waals surface area (Å²) >= 11 is 0. The number of nitrogens with one attached hydrogen (secondary N) is 1. The molecule has 0 aromatic heterocycles. The van der Waals surface area contributed by atoms with Crippen molar-refractivity contribution >= 4 is 5.91 Å². The van der Waals surface area contributed by atoms with Crippen LogP contribution in [0.25, 0.3) is 0 Å². The predicted octanol–water partition coefficient (Wildman–Crippen LogP) is 2.18. The molecule has 3 rings (SSSR count). The van der Waals surface area contributed by atoms with Crippen molar-refractivity contribution in [3.63, 3.8) is 0 Å². The van der Waals surface area contributed by atoms with E-state index in [2.05, 4.69) is 17.4 Å². The van der Waals surface area contributed by atoms with Crippen LogP contribution in [0.2, 0.25) is 0 Å². The molecular weight excluding hydrogens is 226 g/mol. The van der Waals surface area contributed by atoms with Gasteiger partial charge in [-0.25, -0.2) is 0 Å². The van der Waals surface area contributed by atoms with Crippen molar-refractivity contribution in [2.75, 3.05) is 13.2 Å². The molecular formula is C15H19NO2. The predicted molar refractivity (Wildman–Crippen MR) is 70.0 cm³/mol. The lowest BCUT2D eigenvalue weighted by Crippen LogP contribution is -2.22. The molecule has 3 nitrogen and oxygen atoms in total. The molecule has 0 saturated heterocycles. The van der Waals surface area contributed by atoms with Gasteiger partial charge in [-0.1, -0.05) is 6.07 Å². The van der Waals surface area contributed by atoms with Crippen molar-refractivity contribution in [2.24, 2.45) is 0 Å². The Labute approximate surface area is 108 Å². The fourth-order valence-corrected chi connectivity index (χ4v) is 3.26. The second-order valence-electron chi connectivity index (χ2n) is 5.22. The minimum absolute atomic E-state index is 0.0647. The van der Waals surface area contributed by atoms with Crippen LogP contribution in [0, 0.1) is 0 Å². The average Bonchev–Trinajstić information content (AvgIpc) is 2.93. The Bertz CT molecular complexity index is 482. The van der Waals surface area contributed by atoms with Crippen LogP contribution in [0.1, 0.15) is 42.4 Å². The first kappa shape index (κ1) is 11.6. The zero-order chi connectivity index (χ0) is 12.5. The number of rotatable bonds is 3. The van der Waals surface area contributed by atoms with Crippen LogP contribution in [0.4, 0.5) is 0 Å². The molecule has 1 aliphatic heterocycles. The summed E-state index contributed by atoms with van der Waals surface area (Å²) in [5, 5.41) is 2.90. The van der Waals surface area contributed by atoms with Crippen LogP contribution in [0.15, 0.2) is 12.1 Å². The Morgan fingerprint density at radius 3 is 3.17 bits per heavy atom. The lowest BCUT2D eigenvalue weighted by atomic mass is 9.92. The summed E-state index contributed by atoms with van der Waals surface area (Å²) < 4.78 is 5.65. The van der Waals surface area contributed by atoms with Gasteiger partial charge in [0.1, 0.15) is 5.75 Å². The van der Waals surface area contributed by atoms with Gasteiger partial charge in [0, 0.05) is 25.5 Å². The molecule has 0 bridgehead atoms. The number of carbonyl (C=O) groups excluding carboxylic acids is 1. The summed E-state index contributed by atoms with van der Waals surface area (Å²) in [6.45, 7) is 3.18. The standard InChI is InChI=1S/C15H19NO2/c1-10(17)16-8-6-12-3-2-11-4-5-14-13(15(11)12)7-9-18-14/h4-5,12H,2-3,6-9H2,1H3,(H,16,17). The molecule has 2 aliphatic rings. The summed E-state index contributed by atoms with van der Waals surface area (Å²) in [5.74, 6) is 1.75. The quantitative estimate of drug-likeness (QED) is 0.886. The van der Waals surface area contributed by atoms with Crippen molar-refractivity contribution in [1.82, 2.24) is 5.32 Å². The van der Waals surface area contributed by atoms with Crippen molar-refractivity contribution in [2.45, 2.75) is 38.5 Å². The molecule has 0 radical (unpaired) electrons. The molecule has 1 aromatic rings. The highest BCUT2D eigenvalue weighted by molar-refractivity contribution is 5.72. The van der Waals surface area contributed by atoms with Crippen LogP contribution >= 0.6 is 0 Å². The van der Waals surface area contributed by atoms with Crippen molar-refractivity contribution in [3.8, 4) is 5.75 Å². The maximum Gasteiger partial charge on any atom is 0.216 e. The highest BCUT2D eigenvalue weighted by Crippen LogP contribution is 2.42. The van der Waals surface area contributed by atoms with E-state index in [4.69, 9.17) is 4.74 Å². The van der Waals surface area contributed by atoms with E-state index in [1.54, 1.807) is 6.92 Å². The third-order valence-electron chi connectivity index (χ3n) is 4.05. The number of carbonyl (C=O) groups is 1. The van der Waals surface area contributed by atoms with Crippen LogP contribution in [-0.4, -0.2) is 19.1 Å². The Morgan fingerprint density at radius 2 is 2.33 bits per heavy atom. The first-order valence-electron chi connectivity index (χ1n) is 6.77. The summed E-state index contributed by atoms with van der Waals surface area (Å²) in [5.41, 5.74) is 4.44. The number of ether oxygens (including phenoxy) is 1. The van der Waals surface area contributed by atoms with Gasteiger partial charge in [-0.2, -0.15) is 0 Å². The van der Waals surface area contributed by atoms with Crippen molar-refractivity contribution < 1.29 is 9.53 Å². The highest BCUT2D eigenvalue weighted by Gasteiger charge is 2.28. The van der Waals surface area contributed by atoms with E-state index >= 15 is 0 Å². The monoisotopic (exact) mass is 245 g/mol. The van der Waals surface area contributed by atoms with Gasteiger partial charge in [0.25, 0.3) is 0 Å². The molecule has 1 heterocycles. The molecule has 0 spiro atoms. The van der Waals surface area contributed by atoms with Gasteiger partial charge in [-0.05, 0) is 42.4 Å². The molecule has 1 aromatic carbocycles. The molecule has 96 valence electrons. The van der Waals surface area contributed by atoms with E-state index < -0.39 is 0 Å². The summed E-state index contributed by atoms with van der Waals surface area (Å²) in [6, 6.07) is 4.34. The Kier molecular flexibility index (Phi) is 2.98. The zero-order valence-electron chi connectivity index (χ0n) is 10.8. The average molecular weight is 245 g/mol. The van der Waals surface area contributed by atoms with Gasteiger partial charge < -0.3 is 10.1 Å². The first-order chi connectivity index (χ1) is 8.75. The van der Waals surface area contributed by atoms with E-state index in [1.165, 1.54) is 29.5 Å². The first-order valence-corrected chi connectivity index (χ1v) is 6.77. The van der Waals surface area contributed by atoms with E-state index in [9.17, 15) is 4.79 Å². The molecule has 1 aliphatic carbocycles. The Hall–Kier alpha value is -1.51.